The summed E-state index contributed by atoms with van der Waals surface area (Å²) in [6, 6.07) is 7.26. The Hall–Kier alpha value is -2.37. The lowest BCUT2D eigenvalue weighted by Crippen LogP contribution is -2.04. The Balaban J connectivity index is 2.12. The van der Waals surface area contributed by atoms with E-state index in [0.29, 0.717) is 17.9 Å². The van der Waals surface area contributed by atoms with E-state index in [0.717, 1.165) is 5.56 Å². The van der Waals surface area contributed by atoms with Gasteiger partial charge in [-0.3, -0.25) is 9.48 Å². The van der Waals surface area contributed by atoms with Crippen LogP contribution in [0.3, 0.4) is 0 Å². The largest absolute Gasteiger partial charge is 0.481 e. The minimum absolute atomic E-state index is 0.0323. The molecule has 2 aromatic rings. The van der Waals surface area contributed by atoms with Crippen molar-refractivity contribution in [1.82, 2.24) is 15.0 Å². The number of aromatic nitrogens is 3. The van der Waals surface area contributed by atoms with Crippen LogP contribution in [0.4, 0.5) is 5.69 Å². The molecular formula is C11H12N4O2. The predicted octanol–water partition coefficient (Wildman–Crippen LogP) is 1.00. The average Bonchev–Trinajstić information content (AvgIpc) is 2.76. The molecule has 2 rings (SSSR count). The first-order valence-electron chi connectivity index (χ1n) is 5.13. The monoisotopic (exact) mass is 232 g/mol. The fraction of sp³-hybridized carbons (Fsp3) is 0.182. The molecule has 1 heterocycles. The number of nitrogens with zero attached hydrogens (tertiary/aromatic N) is 3. The summed E-state index contributed by atoms with van der Waals surface area (Å²) in [5, 5.41) is 16.4. The fourth-order valence-corrected chi connectivity index (χ4v) is 1.40. The van der Waals surface area contributed by atoms with E-state index in [9.17, 15) is 4.79 Å². The number of aryl methyl sites for hydroxylation is 1. The van der Waals surface area contributed by atoms with Gasteiger partial charge in [0, 0.05) is 11.3 Å². The van der Waals surface area contributed by atoms with Gasteiger partial charge in [0.25, 0.3) is 0 Å². The Morgan fingerprint density at radius 1 is 1.35 bits per heavy atom. The number of aliphatic carboxylic acids is 1. The fourth-order valence-electron chi connectivity index (χ4n) is 1.40. The van der Waals surface area contributed by atoms with Crippen LogP contribution in [0.1, 0.15) is 6.42 Å². The van der Waals surface area contributed by atoms with Crippen LogP contribution in [0.25, 0.3) is 11.3 Å². The first-order valence-corrected chi connectivity index (χ1v) is 5.13. The summed E-state index contributed by atoms with van der Waals surface area (Å²) in [6.45, 7) is 0.317. The lowest BCUT2D eigenvalue weighted by Gasteiger charge is -1.96. The second-order valence-electron chi connectivity index (χ2n) is 3.63. The van der Waals surface area contributed by atoms with Gasteiger partial charge in [-0.05, 0) is 12.1 Å². The molecule has 0 spiro atoms. The molecule has 0 saturated heterocycles. The molecule has 0 bridgehead atoms. The molecule has 3 N–H and O–H groups in total. The van der Waals surface area contributed by atoms with Gasteiger partial charge in [-0.1, -0.05) is 17.3 Å². The van der Waals surface area contributed by atoms with E-state index in [1.54, 1.807) is 18.3 Å². The molecule has 0 aliphatic rings. The van der Waals surface area contributed by atoms with Crippen molar-refractivity contribution >= 4 is 11.7 Å². The lowest BCUT2D eigenvalue weighted by molar-refractivity contribution is -0.137. The van der Waals surface area contributed by atoms with Gasteiger partial charge in [-0.2, -0.15) is 0 Å². The number of carboxylic acid groups (broad SMARTS) is 1. The summed E-state index contributed by atoms with van der Waals surface area (Å²) in [7, 11) is 0. The number of carboxylic acids is 1. The van der Waals surface area contributed by atoms with Crippen molar-refractivity contribution < 1.29 is 9.90 Å². The molecule has 1 aromatic carbocycles. The van der Waals surface area contributed by atoms with Crippen molar-refractivity contribution in [2.45, 2.75) is 13.0 Å². The van der Waals surface area contributed by atoms with Gasteiger partial charge in [0.1, 0.15) is 5.69 Å². The zero-order chi connectivity index (χ0) is 12.3. The molecule has 0 aliphatic carbocycles. The third-order valence-corrected chi connectivity index (χ3v) is 2.30. The number of hydrogen-bond donors (Lipinski definition) is 2. The highest BCUT2D eigenvalue weighted by atomic mass is 16.4. The predicted molar refractivity (Wildman–Crippen MR) is 62.1 cm³/mol. The number of anilines is 1. The van der Waals surface area contributed by atoms with Crippen LogP contribution in [0.2, 0.25) is 0 Å². The summed E-state index contributed by atoms with van der Waals surface area (Å²) in [6.07, 6.45) is 1.75. The van der Waals surface area contributed by atoms with E-state index in [4.69, 9.17) is 10.8 Å². The van der Waals surface area contributed by atoms with Gasteiger partial charge in [0.2, 0.25) is 0 Å². The molecule has 6 heteroatoms. The second kappa shape index (κ2) is 4.65. The minimum Gasteiger partial charge on any atom is -0.481 e. The van der Waals surface area contributed by atoms with E-state index >= 15 is 0 Å². The maximum Gasteiger partial charge on any atom is 0.305 e. The van der Waals surface area contributed by atoms with Crippen LogP contribution in [0, 0.1) is 0 Å². The van der Waals surface area contributed by atoms with Gasteiger partial charge in [-0.15, -0.1) is 5.10 Å². The van der Waals surface area contributed by atoms with E-state index in [1.165, 1.54) is 4.68 Å². The molecule has 0 radical (unpaired) electrons. The van der Waals surface area contributed by atoms with E-state index in [-0.39, 0.29) is 6.42 Å². The zero-order valence-electron chi connectivity index (χ0n) is 9.08. The summed E-state index contributed by atoms with van der Waals surface area (Å²) >= 11 is 0. The molecule has 0 amide bonds. The van der Waals surface area contributed by atoms with Crippen LogP contribution in [-0.2, 0) is 11.3 Å². The summed E-state index contributed by atoms with van der Waals surface area (Å²) in [4.78, 5) is 10.4. The van der Waals surface area contributed by atoms with Crippen LogP contribution < -0.4 is 5.73 Å². The maximum atomic E-state index is 10.4. The minimum atomic E-state index is -0.852. The zero-order valence-corrected chi connectivity index (χ0v) is 9.08. The van der Waals surface area contributed by atoms with Gasteiger partial charge in [-0.25, -0.2) is 0 Å². The van der Waals surface area contributed by atoms with E-state index < -0.39 is 5.97 Å². The molecule has 0 unspecified atom stereocenters. The van der Waals surface area contributed by atoms with E-state index in [1.807, 2.05) is 12.1 Å². The number of nitrogen functional groups attached to an aromatic ring is 1. The van der Waals surface area contributed by atoms with Crippen molar-refractivity contribution in [2.24, 2.45) is 0 Å². The van der Waals surface area contributed by atoms with Gasteiger partial charge >= 0.3 is 5.97 Å². The lowest BCUT2D eigenvalue weighted by atomic mass is 10.1. The third kappa shape index (κ3) is 2.81. The van der Waals surface area contributed by atoms with Gasteiger partial charge in [0.15, 0.2) is 0 Å². The Bertz CT molecular complexity index is 519. The van der Waals surface area contributed by atoms with Gasteiger partial charge in [0.05, 0.1) is 19.2 Å². The maximum absolute atomic E-state index is 10.4. The van der Waals surface area contributed by atoms with Crippen molar-refractivity contribution in [3.8, 4) is 11.3 Å². The van der Waals surface area contributed by atoms with Crippen molar-refractivity contribution in [2.75, 3.05) is 5.73 Å². The second-order valence-corrected chi connectivity index (χ2v) is 3.63. The molecule has 17 heavy (non-hydrogen) atoms. The molecule has 6 nitrogen and oxygen atoms in total. The highest BCUT2D eigenvalue weighted by Gasteiger charge is 2.04. The Morgan fingerprint density at radius 2 is 2.06 bits per heavy atom. The SMILES string of the molecule is Nc1ccc(-c2cn(CCC(=O)O)nn2)cc1. The number of rotatable bonds is 4. The molecule has 1 aromatic heterocycles. The summed E-state index contributed by atoms with van der Waals surface area (Å²) in [5.74, 6) is -0.852. The number of hydrogen-bond acceptors (Lipinski definition) is 4. The Kier molecular flexibility index (Phi) is 3.04. The molecule has 0 fully saturated rings. The molecule has 88 valence electrons. The van der Waals surface area contributed by atoms with Gasteiger partial charge < -0.3 is 10.8 Å². The Morgan fingerprint density at radius 3 is 2.71 bits per heavy atom. The number of benzene rings is 1. The first kappa shape index (κ1) is 11.1. The van der Waals surface area contributed by atoms with Crippen molar-refractivity contribution in [3.05, 3.63) is 30.5 Å². The number of carbonyl (C=O) groups is 1. The normalized spacial score (nSPS) is 10.4. The van der Waals surface area contributed by atoms with Crippen molar-refractivity contribution in [3.63, 3.8) is 0 Å². The van der Waals surface area contributed by atoms with Crippen LogP contribution in [-0.4, -0.2) is 26.1 Å². The quantitative estimate of drug-likeness (QED) is 0.767. The Labute approximate surface area is 97.7 Å². The highest BCUT2D eigenvalue weighted by Crippen LogP contribution is 2.17. The smallest absolute Gasteiger partial charge is 0.305 e. The highest BCUT2D eigenvalue weighted by molar-refractivity contribution is 5.66. The molecule has 0 saturated carbocycles. The summed E-state index contributed by atoms with van der Waals surface area (Å²) in [5.41, 5.74) is 7.88. The summed E-state index contributed by atoms with van der Waals surface area (Å²) < 4.78 is 1.51. The van der Waals surface area contributed by atoms with Crippen LogP contribution in [0.5, 0.6) is 0 Å². The third-order valence-electron chi connectivity index (χ3n) is 2.30. The topological polar surface area (TPSA) is 94.0 Å². The first-order chi connectivity index (χ1) is 8.15. The van der Waals surface area contributed by atoms with Crippen molar-refractivity contribution in [1.29, 1.82) is 0 Å². The van der Waals surface area contributed by atoms with Crippen LogP contribution >= 0.6 is 0 Å². The number of nitrogens with two attached hydrogens (primary N) is 1. The molecule has 0 atom stereocenters. The molecule has 0 aliphatic heterocycles. The van der Waals surface area contributed by atoms with Crippen LogP contribution in [0.15, 0.2) is 30.5 Å². The standard InChI is InChI=1S/C11H12N4O2/c12-9-3-1-8(2-4-9)10-7-15(14-13-10)6-5-11(16)17/h1-4,7H,5-6,12H2,(H,16,17). The molecular weight excluding hydrogens is 220 g/mol. The van der Waals surface area contributed by atoms with E-state index in [2.05, 4.69) is 10.3 Å². The average molecular weight is 232 g/mol.